The first kappa shape index (κ1) is 20.9. The Morgan fingerprint density at radius 1 is 1.41 bits per heavy atom. The molecule has 0 aliphatic heterocycles. The van der Waals surface area contributed by atoms with E-state index in [1.165, 1.54) is 4.68 Å². The second-order valence-electron chi connectivity index (χ2n) is 8.00. The van der Waals surface area contributed by atoms with Crippen LogP contribution in [0.4, 0.5) is 4.39 Å². The van der Waals surface area contributed by atoms with Gasteiger partial charge in [-0.05, 0) is 60.8 Å². The molecule has 0 N–H and O–H groups in total. The van der Waals surface area contributed by atoms with E-state index in [4.69, 9.17) is 16.3 Å². The monoisotopic (exact) mass is 530 g/mol. The number of alkyl halides is 1. The van der Waals surface area contributed by atoms with Crippen LogP contribution in [-0.4, -0.2) is 35.7 Å². The molecule has 154 valence electrons. The van der Waals surface area contributed by atoms with E-state index in [-0.39, 0.29) is 17.2 Å². The van der Waals surface area contributed by atoms with E-state index in [0.717, 1.165) is 22.0 Å². The first-order valence-corrected chi connectivity index (χ1v) is 11.0. The lowest BCUT2D eigenvalue weighted by molar-refractivity contribution is -0.119. The Balaban J connectivity index is 1.81. The number of halogens is 3. The molecule has 1 aromatic carbocycles. The summed E-state index contributed by atoms with van der Waals surface area (Å²) < 4.78 is 22.6. The normalized spacial score (nSPS) is 22.6. The summed E-state index contributed by atoms with van der Waals surface area (Å²) in [7, 11) is 1.56. The van der Waals surface area contributed by atoms with Crippen LogP contribution in [0.1, 0.15) is 52.9 Å². The number of hydrogen-bond donors (Lipinski definition) is 0. The lowest BCUT2D eigenvalue weighted by Crippen LogP contribution is -2.37. The largest absolute Gasteiger partial charge is 0.384 e. The smallest absolute Gasteiger partial charge is 0.280 e. The fourth-order valence-corrected chi connectivity index (χ4v) is 5.42. The van der Waals surface area contributed by atoms with Gasteiger partial charge in [0.2, 0.25) is 0 Å². The molecule has 1 atom stereocenters. The van der Waals surface area contributed by atoms with Crippen molar-refractivity contribution < 1.29 is 18.7 Å². The van der Waals surface area contributed by atoms with E-state index in [0.29, 0.717) is 43.4 Å². The van der Waals surface area contributed by atoms with Crippen LogP contribution >= 0.6 is 34.2 Å². The Kier molecular flexibility index (Phi) is 5.59. The van der Waals surface area contributed by atoms with Crippen molar-refractivity contribution in [3.05, 3.63) is 49.3 Å². The summed E-state index contributed by atoms with van der Waals surface area (Å²) >= 11 is 8.48. The zero-order valence-corrected chi connectivity index (χ0v) is 18.9. The number of carbonyl (C=O) groups excluding carboxylic acids is 2. The van der Waals surface area contributed by atoms with Crippen LogP contribution < -0.4 is 0 Å². The van der Waals surface area contributed by atoms with Crippen LogP contribution in [0.5, 0.6) is 0 Å². The first-order valence-electron chi connectivity index (χ1n) is 9.58. The molecule has 4 rings (SSSR count). The molecular weight excluding hydrogens is 510 g/mol. The minimum Gasteiger partial charge on any atom is -0.384 e. The molecule has 2 aromatic rings. The molecule has 1 fully saturated rings. The minimum atomic E-state index is -1.53. The van der Waals surface area contributed by atoms with E-state index in [2.05, 4.69) is 27.7 Å². The Hall–Kier alpha value is -1.32. The van der Waals surface area contributed by atoms with E-state index in [9.17, 15) is 9.59 Å². The van der Waals surface area contributed by atoms with E-state index >= 15 is 4.39 Å². The highest BCUT2D eigenvalue weighted by atomic mass is 127. The van der Waals surface area contributed by atoms with Crippen LogP contribution in [0.25, 0.3) is 0 Å². The number of aromatic nitrogens is 2. The number of aldehydes is 1. The van der Waals surface area contributed by atoms with Crippen LogP contribution in [0, 0.1) is 9.12 Å². The van der Waals surface area contributed by atoms with Gasteiger partial charge in [0, 0.05) is 24.7 Å². The zero-order chi connectivity index (χ0) is 20.8. The topological polar surface area (TPSA) is 61.2 Å². The molecule has 0 bridgehead atoms. The summed E-state index contributed by atoms with van der Waals surface area (Å²) in [6.07, 6.45) is 4.07. The molecular formula is C21H21ClFIN2O3. The number of methoxy groups -OCH3 is 1. The third-order valence-electron chi connectivity index (χ3n) is 6.16. The molecule has 1 unspecified atom stereocenters. The fraction of sp³-hybridized carbons (Fsp3) is 0.476. The molecule has 0 spiro atoms. The average Bonchev–Trinajstić information content (AvgIpc) is 3.01. The van der Waals surface area contributed by atoms with Crippen LogP contribution in [0.2, 0.25) is 5.02 Å². The van der Waals surface area contributed by atoms with Crippen molar-refractivity contribution in [2.45, 2.75) is 44.2 Å². The lowest BCUT2D eigenvalue weighted by Gasteiger charge is -2.36. The summed E-state index contributed by atoms with van der Waals surface area (Å²) in [4.78, 5) is 25.4. The Morgan fingerprint density at radius 3 is 2.79 bits per heavy atom. The number of nitrogens with zero attached hydrogens (tertiary/aromatic N) is 2. The number of benzene rings is 1. The summed E-state index contributed by atoms with van der Waals surface area (Å²) in [5, 5.41) is 4.67. The highest BCUT2D eigenvalue weighted by Crippen LogP contribution is 2.47. The quantitative estimate of drug-likeness (QED) is 0.422. The maximum absolute atomic E-state index is 15.3. The van der Waals surface area contributed by atoms with Crippen LogP contribution in [0.3, 0.4) is 0 Å². The van der Waals surface area contributed by atoms with Gasteiger partial charge in [0.1, 0.15) is 15.7 Å². The second kappa shape index (κ2) is 7.74. The Labute approximate surface area is 187 Å². The minimum absolute atomic E-state index is 0.159. The van der Waals surface area contributed by atoms with Gasteiger partial charge in [-0.15, -0.1) is 0 Å². The predicted octanol–water partition coefficient (Wildman–Crippen LogP) is 4.50. The van der Waals surface area contributed by atoms with Crippen molar-refractivity contribution in [2.75, 3.05) is 13.7 Å². The van der Waals surface area contributed by atoms with Crippen molar-refractivity contribution in [3.63, 3.8) is 0 Å². The third kappa shape index (κ3) is 3.45. The first-order chi connectivity index (χ1) is 13.8. The maximum Gasteiger partial charge on any atom is 0.280 e. The molecule has 1 aromatic heterocycles. The molecule has 2 aliphatic rings. The van der Waals surface area contributed by atoms with Gasteiger partial charge in [0.15, 0.2) is 0 Å². The molecule has 0 amide bonds. The highest BCUT2D eigenvalue weighted by molar-refractivity contribution is 14.1. The van der Waals surface area contributed by atoms with Gasteiger partial charge in [0.05, 0.1) is 28.3 Å². The van der Waals surface area contributed by atoms with Gasteiger partial charge >= 0.3 is 0 Å². The van der Waals surface area contributed by atoms with Crippen molar-refractivity contribution in [1.82, 2.24) is 9.78 Å². The summed E-state index contributed by atoms with van der Waals surface area (Å²) in [6.45, 7) is 0.275. The van der Waals surface area contributed by atoms with Gasteiger partial charge < -0.3 is 9.53 Å². The molecule has 5 nitrogen and oxygen atoms in total. The van der Waals surface area contributed by atoms with E-state index < -0.39 is 17.0 Å². The lowest BCUT2D eigenvalue weighted by atomic mass is 9.74. The molecule has 8 heteroatoms. The number of rotatable bonds is 5. The molecule has 0 saturated heterocycles. The molecule has 29 heavy (non-hydrogen) atoms. The number of fused-ring (bicyclic) bond motifs is 1. The van der Waals surface area contributed by atoms with Crippen molar-refractivity contribution >= 4 is 46.4 Å². The number of carbonyl (C=O) groups is 2. The van der Waals surface area contributed by atoms with Crippen LogP contribution in [-0.2, 0) is 28.0 Å². The maximum atomic E-state index is 15.3. The van der Waals surface area contributed by atoms with Gasteiger partial charge in [-0.2, -0.15) is 9.78 Å². The predicted molar refractivity (Wildman–Crippen MR) is 115 cm³/mol. The molecule has 1 saturated carbocycles. The van der Waals surface area contributed by atoms with Crippen molar-refractivity contribution in [3.8, 4) is 0 Å². The Morgan fingerprint density at radius 2 is 2.17 bits per heavy atom. The molecule has 0 radical (unpaired) electrons. The number of hydrogen-bond acceptors (Lipinski definition) is 4. The summed E-state index contributed by atoms with van der Waals surface area (Å²) in [5.41, 5.74) is -0.0933. The van der Waals surface area contributed by atoms with Gasteiger partial charge in [-0.3, -0.25) is 4.79 Å². The van der Waals surface area contributed by atoms with E-state index in [1.807, 2.05) is 0 Å². The standard InChI is InChI=1S/C21H21ClFIN2O3/c1-29-12-20(11-27)9-6-13-16(10-20)26(25-18(13)24)19(28)17-14(4-2-5-15(17)22)21(23)7-3-8-21/h2,4-5,11H,3,6-10,12H2,1H3. The van der Waals surface area contributed by atoms with Crippen molar-refractivity contribution in [1.29, 1.82) is 0 Å². The Bertz CT molecular complexity index is 989. The summed E-state index contributed by atoms with van der Waals surface area (Å²) in [5.74, 6) is -0.451. The highest BCUT2D eigenvalue weighted by Gasteiger charge is 2.43. The third-order valence-corrected chi connectivity index (χ3v) is 7.35. The van der Waals surface area contributed by atoms with Gasteiger partial charge in [-0.1, -0.05) is 23.7 Å². The van der Waals surface area contributed by atoms with Gasteiger partial charge in [0.25, 0.3) is 5.91 Å². The summed E-state index contributed by atoms with van der Waals surface area (Å²) in [6, 6.07) is 4.91. The second-order valence-corrected chi connectivity index (χ2v) is 9.43. The molecule has 2 aliphatic carbocycles. The van der Waals surface area contributed by atoms with Crippen molar-refractivity contribution in [2.24, 2.45) is 5.41 Å². The molecule has 1 heterocycles. The zero-order valence-electron chi connectivity index (χ0n) is 16.0. The SMILES string of the molecule is COCC1(C=O)CCc2c(I)nn(C(=O)c3c(Cl)cccc3C3(F)CCC3)c2C1. The number of ether oxygens (including phenoxy) is 1. The fourth-order valence-electron chi connectivity index (χ4n) is 4.37. The van der Waals surface area contributed by atoms with Crippen LogP contribution in [0.15, 0.2) is 18.2 Å². The average molecular weight is 531 g/mol. The van der Waals surface area contributed by atoms with Gasteiger partial charge in [-0.25, -0.2) is 4.39 Å². The van der Waals surface area contributed by atoms with E-state index in [1.54, 1.807) is 25.3 Å².